The van der Waals surface area contributed by atoms with Gasteiger partial charge in [-0.05, 0) is 24.1 Å². The lowest BCUT2D eigenvalue weighted by molar-refractivity contribution is -0.286. The lowest BCUT2D eigenvalue weighted by Crippen LogP contribution is -2.45. The first kappa shape index (κ1) is 14.5. The van der Waals surface area contributed by atoms with Crippen LogP contribution in [-0.2, 0) is 0 Å². The van der Waals surface area contributed by atoms with Gasteiger partial charge in [-0.25, -0.2) is 0 Å². The smallest absolute Gasteiger partial charge is 0.396 e. The van der Waals surface area contributed by atoms with Gasteiger partial charge in [-0.15, -0.1) is 8.78 Å². The monoisotopic (exact) mass is 300 g/mol. The highest BCUT2D eigenvalue weighted by atomic mass is 19.3. The number of hydrogen-bond donors (Lipinski definition) is 2. The molecule has 0 aliphatic carbocycles. The zero-order valence-corrected chi connectivity index (χ0v) is 11.5. The van der Waals surface area contributed by atoms with Gasteiger partial charge in [0.2, 0.25) is 0 Å². The largest absolute Gasteiger partial charge is 0.586 e. The summed E-state index contributed by atoms with van der Waals surface area (Å²) in [6, 6.07) is 4.82. The van der Waals surface area contributed by atoms with E-state index in [9.17, 15) is 13.9 Å². The zero-order chi connectivity index (χ0) is 14.9. The van der Waals surface area contributed by atoms with Crippen LogP contribution in [0.25, 0.3) is 0 Å². The van der Waals surface area contributed by atoms with Crippen molar-refractivity contribution in [1.82, 2.24) is 10.2 Å². The van der Waals surface area contributed by atoms with Crippen molar-refractivity contribution in [3.05, 3.63) is 23.8 Å². The van der Waals surface area contributed by atoms with Crippen LogP contribution in [0.2, 0.25) is 0 Å². The summed E-state index contributed by atoms with van der Waals surface area (Å²) in [6.45, 7) is 3.51. The second-order valence-corrected chi connectivity index (χ2v) is 5.19. The highest BCUT2D eigenvalue weighted by molar-refractivity contribution is 5.46. The average Bonchev–Trinajstić information content (AvgIpc) is 2.78. The molecule has 116 valence electrons. The fraction of sp³-hybridized carbons (Fsp3) is 0.571. The number of fused-ring (bicyclic) bond motifs is 1. The summed E-state index contributed by atoms with van der Waals surface area (Å²) < 4.78 is 35.0. The molecule has 1 fully saturated rings. The Balaban J connectivity index is 1.83. The van der Waals surface area contributed by atoms with Crippen LogP contribution >= 0.6 is 0 Å². The topological polar surface area (TPSA) is 54.0 Å². The molecule has 0 unspecified atom stereocenters. The third-order valence-electron chi connectivity index (χ3n) is 3.80. The van der Waals surface area contributed by atoms with Gasteiger partial charge in [-0.1, -0.05) is 6.07 Å². The molecule has 0 spiro atoms. The second kappa shape index (κ2) is 5.75. The van der Waals surface area contributed by atoms with Crippen molar-refractivity contribution in [2.24, 2.45) is 0 Å². The molecule has 5 nitrogen and oxygen atoms in total. The molecule has 0 aromatic heterocycles. The van der Waals surface area contributed by atoms with Gasteiger partial charge >= 0.3 is 6.29 Å². The lowest BCUT2D eigenvalue weighted by Gasteiger charge is -2.35. The van der Waals surface area contributed by atoms with E-state index in [-0.39, 0.29) is 24.1 Å². The first-order valence-corrected chi connectivity index (χ1v) is 7.04. The van der Waals surface area contributed by atoms with Crippen molar-refractivity contribution in [1.29, 1.82) is 0 Å². The Labute approximate surface area is 121 Å². The van der Waals surface area contributed by atoms with Gasteiger partial charge in [-0.2, -0.15) is 0 Å². The van der Waals surface area contributed by atoms with E-state index >= 15 is 0 Å². The van der Waals surface area contributed by atoms with Crippen LogP contribution in [0.15, 0.2) is 18.2 Å². The summed E-state index contributed by atoms with van der Waals surface area (Å²) >= 11 is 0. The summed E-state index contributed by atoms with van der Waals surface area (Å²) in [7, 11) is 0. The van der Waals surface area contributed by atoms with Crippen LogP contribution in [0.3, 0.4) is 0 Å². The van der Waals surface area contributed by atoms with Crippen molar-refractivity contribution < 1.29 is 23.4 Å². The molecule has 0 amide bonds. The summed E-state index contributed by atoms with van der Waals surface area (Å²) in [4.78, 5) is 2.24. The molecular formula is C14H18F2N2O3. The van der Waals surface area contributed by atoms with Gasteiger partial charge in [0.05, 0.1) is 0 Å². The zero-order valence-electron chi connectivity index (χ0n) is 11.5. The second-order valence-electron chi connectivity index (χ2n) is 5.19. The Morgan fingerprint density at radius 3 is 2.67 bits per heavy atom. The highest BCUT2D eigenvalue weighted by Crippen LogP contribution is 2.42. The molecular weight excluding hydrogens is 282 g/mol. The maximum Gasteiger partial charge on any atom is 0.586 e. The Kier molecular flexibility index (Phi) is 3.97. The summed E-state index contributed by atoms with van der Waals surface area (Å²) in [6.07, 6.45) is -3.04. The van der Waals surface area contributed by atoms with E-state index in [0.29, 0.717) is 6.42 Å². The van der Waals surface area contributed by atoms with Crippen molar-refractivity contribution in [3.8, 4) is 11.5 Å². The third kappa shape index (κ3) is 3.09. The Morgan fingerprint density at radius 2 is 1.95 bits per heavy atom. The number of nitrogens with zero attached hydrogens (tertiary/aromatic N) is 1. The van der Waals surface area contributed by atoms with E-state index in [1.165, 1.54) is 6.07 Å². The van der Waals surface area contributed by atoms with Gasteiger partial charge in [-0.3, -0.25) is 4.90 Å². The van der Waals surface area contributed by atoms with Crippen molar-refractivity contribution in [2.75, 3.05) is 32.8 Å². The van der Waals surface area contributed by atoms with Gasteiger partial charge in [0, 0.05) is 38.8 Å². The summed E-state index contributed by atoms with van der Waals surface area (Å²) in [5, 5.41) is 12.6. The molecule has 1 aromatic rings. The number of ether oxygens (including phenoxy) is 2. The molecule has 1 saturated heterocycles. The number of halogens is 2. The lowest BCUT2D eigenvalue weighted by atomic mass is 10.0. The molecule has 1 atom stereocenters. The predicted molar refractivity (Wildman–Crippen MR) is 71.5 cm³/mol. The van der Waals surface area contributed by atoms with Crippen molar-refractivity contribution >= 4 is 0 Å². The van der Waals surface area contributed by atoms with E-state index < -0.39 is 6.29 Å². The van der Waals surface area contributed by atoms with Crippen LogP contribution in [-0.4, -0.2) is 49.1 Å². The van der Waals surface area contributed by atoms with Crippen molar-refractivity contribution in [3.63, 3.8) is 0 Å². The fourth-order valence-electron chi connectivity index (χ4n) is 2.85. The average molecular weight is 300 g/mol. The van der Waals surface area contributed by atoms with E-state index in [0.717, 1.165) is 31.7 Å². The number of nitrogens with one attached hydrogen (secondary N) is 1. The summed E-state index contributed by atoms with van der Waals surface area (Å²) in [5.74, 6) is 0.0994. The maximum absolute atomic E-state index is 13.1. The van der Waals surface area contributed by atoms with E-state index in [1.807, 2.05) is 0 Å². The highest BCUT2D eigenvalue weighted by Gasteiger charge is 2.43. The Hall–Kier alpha value is -1.44. The molecule has 2 aliphatic heterocycles. The van der Waals surface area contributed by atoms with E-state index in [4.69, 9.17) is 0 Å². The number of aliphatic hydroxyl groups is 1. The Bertz CT molecular complexity index is 507. The van der Waals surface area contributed by atoms with Crippen molar-refractivity contribution in [2.45, 2.75) is 18.8 Å². The van der Waals surface area contributed by atoms with Gasteiger partial charge < -0.3 is 19.9 Å². The third-order valence-corrected chi connectivity index (χ3v) is 3.80. The number of benzene rings is 1. The number of piperazine rings is 1. The first-order valence-electron chi connectivity index (χ1n) is 7.04. The van der Waals surface area contributed by atoms with Gasteiger partial charge in [0.1, 0.15) is 0 Å². The van der Waals surface area contributed by atoms with Crippen LogP contribution in [0, 0.1) is 0 Å². The molecule has 7 heteroatoms. The Morgan fingerprint density at radius 1 is 1.24 bits per heavy atom. The molecule has 3 rings (SSSR count). The standard InChI is InChI=1S/C14H18F2N2O3/c15-14(16)20-12-2-1-10(9-13(12)21-14)11(3-8-19)18-6-4-17-5-7-18/h1-2,9,11,17,19H,3-8H2/t11-/m1/s1. The predicted octanol–water partition coefficient (Wildman–Crippen LogP) is 1.34. The molecule has 0 radical (unpaired) electrons. The molecule has 2 N–H and O–H groups in total. The van der Waals surface area contributed by atoms with Gasteiger partial charge in [0.15, 0.2) is 11.5 Å². The summed E-state index contributed by atoms with van der Waals surface area (Å²) in [5.41, 5.74) is 0.853. The number of hydrogen-bond acceptors (Lipinski definition) is 5. The molecule has 2 heterocycles. The fourth-order valence-corrected chi connectivity index (χ4v) is 2.85. The normalized spacial score (nSPS) is 22.2. The van der Waals surface area contributed by atoms with Crippen LogP contribution < -0.4 is 14.8 Å². The molecule has 1 aromatic carbocycles. The molecule has 2 aliphatic rings. The SMILES string of the molecule is OCC[C@H](c1ccc2c(c1)OC(F)(F)O2)N1CCNCC1. The first-order chi connectivity index (χ1) is 10.1. The van der Waals surface area contributed by atoms with E-state index in [2.05, 4.69) is 19.7 Å². The maximum atomic E-state index is 13.1. The van der Waals surface area contributed by atoms with Crippen LogP contribution in [0.5, 0.6) is 11.5 Å². The minimum atomic E-state index is -3.59. The number of rotatable bonds is 4. The van der Waals surface area contributed by atoms with Gasteiger partial charge in [0.25, 0.3) is 0 Å². The minimum Gasteiger partial charge on any atom is -0.396 e. The van der Waals surface area contributed by atoms with Crippen LogP contribution in [0.4, 0.5) is 8.78 Å². The quantitative estimate of drug-likeness (QED) is 0.879. The number of aliphatic hydroxyl groups excluding tert-OH is 1. The molecule has 21 heavy (non-hydrogen) atoms. The van der Waals surface area contributed by atoms with E-state index in [1.54, 1.807) is 12.1 Å². The molecule has 0 bridgehead atoms. The van der Waals surface area contributed by atoms with Crippen LogP contribution in [0.1, 0.15) is 18.0 Å². The molecule has 0 saturated carbocycles. The number of alkyl halides is 2. The minimum absolute atomic E-state index is 0.0137.